The van der Waals surface area contributed by atoms with Crippen LogP contribution in [0.4, 0.5) is 0 Å². The fourth-order valence-electron chi connectivity index (χ4n) is 4.28. The lowest BCUT2D eigenvalue weighted by Gasteiger charge is -2.16. The zero-order chi connectivity index (χ0) is 23.8. The second kappa shape index (κ2) is 8.76. The van der Waals surface area contributed by atoms with Gasteiger partial charge in [-0.2, -0.15) is 5.10 Å². The van der Waals surface area contributed by atoms with E-state index in [1.807, 2.05) is 61.5 Å². The molecule has 5 rings (SSSR count). The molecule has 1 N–H and O–H groups in total. The average Bonchev–Trinajstić information content (AvgIpc) is 3.23. The van der Waals surface area contributed by atoms with Crippen LogP contribution in [-0.2, 0) is 17.6 Å². The van der Waals surface area contributed by atoms with Crippen molar-refractivity contribution in [2.24, 2.45) is 0 Å². The third-order valence-corrected chi connectivity index (χ3v) is 6.22. The summed E-state index contributed by atoms with van der Waals surface area (Å²) in [6, 6.07) is 17.4. The van der Waals surface area contributed by atoms with Gasteiger partial charge in [-0.25, -0.2) is 14.3 Å². The number of hydrogen-bond acceptors (Lipinski definition) is 4. The fourth-order valence-corrected chi connectivity index (χ4v) is 4.40. The first-order chi connectivity index (χ1) is 16.5. The highest BCUT2D eigenvalue weighted by Crippen LogP contribution is 2.30. The number of rotatable bonds is 6. The number of carbonyl (C=O) groups is 1. The van der Waals surface area contributed by atoms with Crippen LogP contribution in [0.5, 0.6) is 0 Å². The summed E-state index contributed by atoms with van der Waals surface area (Å²) < 4.78 is 2.92. The predicted molar refractivity (Wildman–Crippen MR) is 131 cm³/mol. The quantitative estimate of drug-likeness (QED) is 0.383. The normalized spacial score (nSPS) is 12.3. The maximum absolute atomic E-state index is 13.4. The van der Waals surface area contributed by atoms with Gasteiger partial charge in [-0.05, 0) is 35.7 Å². The number of hydrogen-bond donors (Lipinski definition) is 1. The summed E-state index contributed by atoms with van der Waals surface area (Å²) in [5, 5.41) is 15.6. The van der Waals surface area contributed by atoms with Crippen molar-refractivity contribution in [2.75, 3.05) is 0 Å². The summed E-state index contributed by atoms with van der Waals surface area (Å²) in [6.45, 7) is 2.01. The van der Waals surface area contributed by atoms with Crippen molar-refractivity contribution in [3.05, 3.63) is 99.7 Å². The molecular formula is C26H21ClN4O3. The van der Waals surface area contributed by atoms with Crippen LogP contribution in [0.15, 0.2) is 77.9 Å². The van der Waals surface area contributed by atoms with Crippen LogP contribution < -0.4 is 5.56 Å². The Kier molecular flexibility index (Phi) is 5.63. The number of benzene rings is 2. The molecule has 8 heteroatoms. The number of aryl methyl sites for hydroxylation is 1. The first-order valence-corrected chi connectivity index (χ1v) is 11.3. The second-order valence-corrected chi connectivity index (χ2v) is 8.48. The molecule has 170 valence electrons. The molecule has 5 aromatic rings. The Labute approximate surface area is 199 Å². The Morgan fingerprint density at radius 2 is 1.82 bits per heavy atom. The van der Waals surface area contributed by atoms with E-state index in [9.17, 15) is 14.7 Å². The van der Waals surface area contributed by atoms with E-state index >= 15 is 0 Å². The van der Waals surface area contributed by atoms with Gasteiger partial charge in [0.15, 0.2) is 5.65 Å². The monoisotopic (exact) mass is 472 g/mol. The molecule has 7 nitrogen and oxygen atoms in total. The summed E-state index contributed by atoms with van der Waals surface area (Å²) in [6.07, 6.45) is 3.91. The minimum atomic E-state index is -1.07. The third-order valence-electron chi connectivity index (χ3n) is 5.97. The molecule has 34 heavy (non-hydrogen) atoms. The number of nitrogens with zero attached hydrogens (tertiary/aromatic N) is 4. The Hall–Kier alpha value is -3.97. The first kappa shape index (κ1) is 21.9. The maximum Gasteiger partial charge on any atom is 0.327 e. The summed E-state index contributed by atoms with van der Waals surface area (Å²) in [5.74, 6) is -1.07. The molecule has 0 bridgehead atoms. The number of carboxylic acids is 1. The lowest BCUT2D eigenvalue weighted by atomic mass is 10.0. The van der Waals surface area contributed by atoms with E-state index in [0.29, 0.717) is 28.0 Å². The standard InChI is InChI=1S/C26H21ClN4O3/c1-2-20-23(17-8-10-18(27)11-9-17)24-28-15-19-21(31(24)29-20)12-13-30(25(19)32)22(26(33)34)14-16-6-4-3-5-7-16/h3-13,15,22H,2,14H2,1H3,(H,33,34). The van der Waals surface area contributed by atoms with Gasteiger partial charge in [0.2, 0.25) is 0 Å². The molecule has 3 heterocycles. The molecule has 0 aliphatic heterocycles. The van der Waals surface area contributed by atoms with E-state index in [-0.39, 0.29) is 6.42 Å². The number of halogens is 1. The van der Waals surface area contributed by atoms with Crippen molar-refractivity contribution in [1.82, 2.24) is 19.2 Å². The Morgan fingerprint density at radius 3 is 2.50 bits per heavy atom. The highest BCUT2D eigenvalue weighted by atomic mass is 35.5. The van der Waals surface area contributed by atoms with Gasteiger partial charge in [-0.3, -0.25) is 4.79 Å². The van der Waals surface area contributed by atoms with E-state index < -0.39 is 17.6 Å². The van der Waals surface area contributed by atoms with E-state index in [2.05, 4.69) is 4.98 Å². The van der Waals surface area contributed by atoms with Gasteiger partial charge in [-0.15, -0.1) is 0 Å². The van der Waals surface area contributed by atoms with Crippen molar-refractivity contribution in [3.63, 3.8) is 0 Å². The molecule has 0 saturated heterocycles. The zero-order valence-corrected chi connectivity index (χ0v) is 19.1. The summed E-state index contributed by atoms with van der Waals surface area (Å²) in [7, 11) is 0. The lowest BCUT2D eigenvalue weighted by molar-refractivity contribution is -0.141. The summed E-state index contributed by atoms with van der Waals surface area (Å²) >= 11 is 6.06. The maximum atomic E-state index is 13.4. The van der Waals surface area contributed by atoms with E-state index in [0.717, 1.165) is 22.4 Å². The van der Waals surface area contributed by atoms with Crippen LogP contribution in [0, 0.1) is 0 Å². The minimum Gasteiger partial charge on any atom is -0.480 e. The van der Waals surface area contributed by atoms with Crippen molar-refractivity contribution < 1.29 is 9.90 Å². The molecule has 0 saturated carbocycles. The summed E-state index contributed by atoms with van der Waals surface area (Å²) in [4.78, 5) is 30.0. The van der Waals surface area contributed by atoms with Crippen LogP contribution >= 0.6 is 11.6 Å². The van der Waals surface area contributed by atoms with E-state index in [1.54, 1.807) is 10.6 Å². The lowest BCUT2D eigenvalue weighted by Crippen LogP contribution is -2.31. The molecule has 0 aliphatic rings. The fraction of sp³-hybridized carbons (Fsp3) is 0.154. The van der Waals surface area contributed by atoms with Gasteiger partial charge in [-0.1, -0.05) is 61.0 Å². The number of pyridine rings is 1. The van der Waals surface area contributed by atoms with E-state index in [1.165, 1.54) is 17.0 Å². The Balaban J connectivity index is 1.67. The topological polar surface area (TPSA) is 89.5 Å². The Bertz CT molecular complexity index is 1570. The Morgan fingerprint density at radius 1 is 1.09 bits per heavy atom. The molecule has 0 aliphatic carbocycles. The number of aliphatic carboxylic acids is 1. The predicted octanol–water partition coefficient (Wildman–Crippen LogP) is 4.80. The molecule has 0 radical (unpaired) electrons. The van der Waals surface area contributed by atoms with Crippen molar-refractivity contribution in [2.45, 2.75) is 25.8 Å². The summed E-state index contributed by atoms with van der Waals surface area (Å²) in [5.41, 5.74) is 4.29. The van der Waals surface area contributed by atoms with Crippen LogP contribution in [0.3, 0.4) is 0 Å². The average molecular weight is 473 g/mol. The molecular weight excluding hydrogens is 452 g/mol. The molecule has 1 unspecified atom stereocenters. The van der Waals surface area contributed by atoms with Crippen LogP contribution in [0.1, 0.15) is 24.2 Å². The molecule has 3 aromatic heterocycles. The van der Waals surface area contributed by atoms with Gasteiger partial charge in [0.05, 0.1) is 16.6 Å². The molecule has 0 fully saturated rings. The van der Waals surface area contributed by atoms with Crippen LogP contribution in [0.2, 0.25) is 5.02 Å². The van der Waals surface area contributed by atoms with Gasteiger partial charge < -0.3 is 9.67 Å². The zero-order valence-electron chi connectivity index (χ0n) is 18.4. The van der Waals surface area contributed by atoms with Crippen LogP contribution in [0.25, 0.3) is 27.7 Å². The molecule has 0 amide bonds. The van der Waals surface area contributed by atoms with E-state index in [4.69, 9.17) is 16.7 Å². The third kappa shape index (κ3) is 3.74. The minimum absolute atomic E-state index is 0.194. The first-order valence-electron chi connectivity index (χ1n) is 10.9. The number of carboxylic acid groups (broad SMARTS) is 1. The second-order valence-electron chi connectivity index (χ2n) is 8.05. The van der Waals surface area contributed by atoms with Crippen molar-refractivity contribution >= 4 is 34.1 Å². The number of fused-ring (bicyclic) bond motifs is 3. The van der Waals surface area contributed by atoms with Crippen molar-refractivity contribution in [3.8, 4) is 11.1 Å². The molecule has 1 atom stereocenters. The van der Waals surface area contributed by atoms with Gasteiger partial charge in [0.25, 0.3) is 5.56 Å². The largest absolute Gasteiger partial charge is 0.480 e. The van der Waals surface area contributed by atoms with Crippen LogP contribution in [-0.4, -0.2) is 30.2 Å². The van der Waals surface area contributed by atoms with Gasteiger partial charge >= 0.3 is 5.97 Å². The van der Waals surface area contributed by atoms with Gasteiger partial charge in [0, 0.05) is 29.4 Å². The highest BCUT2D eigenvalue weighted by Gasteiger charge is 2.23. The number of aromatic nitrogens is 4. The smallest absolute Gasteiger partial charge is 0.327 e. The SMILES string of the molecule is CCc1nn2c(ncc3c(=O)n(C(Cc4ccccc4)C(=O)O)ccc32)c1-c1ccc(Cl)cc1. The highest BCUT2D eigenvalue weighted by molar-refractivity contribution is 6.30. The van der Waals surface area contributed by atoms with Crippen molar-refractivity contribution in [1.29, 1.82) is 0 Å². The molecule has 2 aromatic carbocycles. The molecule has 0 spiro atoms. The van der Waals surface area contributed by atoms with Gasteiger partial charge in [0.1, 0.15) is 6.04 Å².